The summed E-state index contributed by atoms with van der Waals surface area (Å²) in [6.07, 6.45) is 0.894. The van der Waals surface area contributed by atoms with E-state index in [-0.39, 0.29) is 5.76 Å². The lowest BCUT2D eigenvalue weighted by Gasteiger charge is -2.09. The van der Waals surface area contributed by atoms with E-state index in [2.05, 4.69) is 21.2 Å². The van der Waals surface area contributed by atoms with Crippen molar-refractivity contribution < 1.29 is 19.4 Å². The van der Waals surface area contributed by atoms with Crippen LogP contribution >= 0.6 is 15.9 Å². The molecule has 2 N–H and O–H groups in total. The molecule has 0 fully saturated rings. The first-order valence-corrected chi connectivity index (χ1v) is 8.86. The Morgan fingerprint density at radius 3 is 2.52 bits per heavy atom. The van der Waals surface area contributed by atoms with Gasteiger partial charge in [0.25, 0.3) is 5.91 Å². The SMILES string of the molecule is COc1cccc(C(O)=CC(=O)C(=O)Nc2ccc(Br)c3ccccc23)c1. The number of anilines is 1. The molecule has 0 aliphatic rings. The van der Waals surface area contributed by atoms with Crippen LogP contribution in [0.5, 0.6) is 5.75 Å². The number of methoxy groups -OCH3 is 1. The van der Waals surface area contributed by atoms with Gasteiger partial charge in [-0.1, -0.05) is 52.3 Å². The van der Waals surface area contributed by atoms with E-state index in [0.717, 1.165) is 21.3 Å². The first-order chi connectivity index (χ1) is 13.0. The van der Waals surface area contributed by atoms with Gasteiger partial charge in [-0.15, -0.1) is 0 Å². The van der Waals surface area contributed by atoms with Crippen molar-refractivity contribution in [1.29, 1.82) is 0 Å². The van der Waals surface area contributed by atoms with Gasteiger partial charge in [0.1, 0.15) is 11.5 Å². The van der Waals surface area contributed by atoms with Gasteiger partial charge in [-0.05, 0) is 29.7 Å². The molecule has 0 aromatic heterocycles. The minimum atomic E-state index is -0.859. The number of carbonyl (C=O) groups excluding carboxylic acids is 2. The van der Waals surface area contributed by atoms with Crippen LogP contribution in [-0.4, -0.2) is 23.9 Å². The highest BCUT2D eigenvalue weighted by atomic mass is 79.9. The van der Waals surface area contributed by atoms with E-state index in [1.54, 1.807) is 36.4 Å². The largest absolute Gasteiger partial charge is 0.507 e. The number of hydrogen-bond donors (Lipinski definition) is 2. The number of ether oxygens (including phenoxy) is 1. The highest BCUT2D eigenvalue weighted by Crippen LogP contribution is 2.30. The van der Waals surface area contributed by atoms with Crippen molar-refractivity contribution in [3.8, 4) is 5.75 Å². The third-order valence-electron chi connectivity index (χ3n) is 3.98. The van der Waals surface area contributed by atoms with Gasteiger partial charge >= 0.3 is 0 Å². The fraction of sp³-hybridized carbons (Fsp3) is 0.0476. The number of hydrogen-bond acceptors (Lipinski definition) is 4. The Balaban J connectivity index is 1.82. The first-order valence-electron chi connectivity index (χ1n) is 8.07. The lowest BCUT2D eigenvalue weighted by molar-refractivity contribution is -0.131. The summed E-state index contributed by atoms with van der Waals surface area (Å²) in [6.45, 7) is 0. The molecule has 136 valence electrons. The maximum Gasteiger partial charge on any atom is 0.296 e. The fourth-order valence-electron chi connectivity index (χ4n) is 2.61. The Labute approximate surface area is 164 Å². The van der Waals surface area contributed by atoms with E-state index in [9.17, 15) is 14.7 Å². The summed E-state index contributed by atoms with van der Waals surface area (Å²) in [5, 5.41) is 14.4. The molecule has 27 heavy (non-hydrogen) atoms. The van der Waals surface area contributed by atoms with E-state index in [1.165, 1.54) is 7.11 Å². The van der Waals surface area contributed by atoms with Crippen molar-refractivity contribution in [1.82, 2.24) is 0 Å². The number of carbonyl (C=O) groups is 2. The maximum atomic E-state index is 12.3. The fourth-order valence-corrected chi connectivity index (χ4v) is 3.09. The Hall–Kier alpha value is -3.12. The predicted molar refractivity (Wildman–Crippen MR) is 109 cm³/mol. The number of benzene rings is 3. The van der Waals surface area contributed by atoms with Crippen LogP contribution in [0.1, 0.15) is 5.56 Å². The molecule has 3 aromatic carbocycles. The molecule has 0 bridgehead atoms. The van der Waals surface area contributed by atoms with Crippen LogP contribution in [0, 0.1) is 0 Å². The standard InChI is InChI=1S/C21H16BrNO4/c1-27-14-6-4-5-13(11-14)19(24)12-20(25)21(26)23-18-10-9-17(22)15-7-2-3-8-16(15)18/h2-12,24H,1H3,(H,23,26). The molecule has 0 aliphatic heterocycles. The second kappa shape index (κ2) is 8.05. The molecule has 6 heteroatoms. The Bertz CT molecular complexity index is 1060. The molecule has 5 nitrogen and oxygen atoms in total. The molecule has 3 aromatic rings. The number of amides is 1. The summed E-state index contributed by atoms with van der Waals surface area (Å²) in [7, 11) is 1.50. The molecular formula is C21H16BrNO4. The molecular weight excluding hydrogens is 410 g/mol. The minimum absolute atomic E-state index is 0.310. The zero-order valence-electron chi connectivity index (χ0n) is 14.4. The third-order valence-corrected chi connectivity index (χ3v) is 4.67. The molecule has 0 radical (unpaired) electrons. The topological polar surface area (TPSA) is 75.6 Å². The first kappa shape index (κ1) is 18.7. The predicted octanol–water partition coefficient (Wildman–Crippen LogP) is 4.72. The van der Waals surface area contributed by atoms with E-state index < -0.39 is 11.7 Å². The molecule has 0 heterocycles. The Morgan fingerprint density at radius 1 is 1.04 bits per heavy atom. The van der Waals surface area contributed by atoms with Crippen molar-refractivity contribution in [2.45, 2.75) is 0 Å². The highest BCUT2D eigenvalue weighted by Gasteiger charge is 2.15. The monoisotopic (exact) mass is 425 g/mol. The molecule has 3 rings (SSSR count). The van der Waals surface area contributed by atoms with Crippen molar-refractivity contribution in [2.75, 3.05) is 12.4 Å². The molecule has 0 aliphatic carbocycles. The lowest BCUT2D eigenvalue weighted by Crippen LogP contribution is -2.21. The molecule has 0 unspecified atom stereocenters. The van der Waals surface area contributed by atoms with Gasteiger partial charge in [-0.25, -0.2) is 0 Å². The van der Waals surface area contributed by atoms with Gasteiger partial charge in [0.15, 0.2) is 0 Å². The summed E-state index contributed by atoms with van der Waals surface area (Å²) < 4.78 is 5.97. The second-order valence-electron chi connectivity index (χ2n) is 5.72. The van der Waals surface area contributed by atoms with Gasteiger partial charge in [0.2, 0.25) is 5.78 Å². The summed E-state index contributed by atoms with van der Waals surface area (Å²) in [4.78, 5) is 24.5. The molecule has 0 atom stereocenters. The van der Waals surface area contributed by atoms with Gasteiger partial charge in [-0.3, -0.25) is 9.59 Å². The van der Waals surface area contributed by atoms with Crippen molar-refractivity contribution >= 4 is 49.8 Å². The molecule has 0 saturated heterocycles. The van der Waals surface area contributed by atoms with Gasteiger partial charge in [-0.2, -0.15) is 0 Å². The normalized spacial score (nSPS) is 11.3. The molecule has 0 spiro atoms. The zero-order chi connectivity index (χ0) is 19.4. The van der Waals surface area contributed by atoms with Crippen LogP contribution in [0.4, 0.5) is 5.69 Å². The zero-order valence-corrected chi connectivity index (χ0v) is 16.0. The second-order valence-corrected chi connectivity index (χ2v) is 6.57. The van der Waals surface area contributed by atoms with Crippen molar-refractivity contribution in [3.63, 3.8) is 0 Å². The Morgan fingerprint density at radius 2 is 1.78 bits per heavy atom. The number of fused-ring (bicyclic) bond motifs is 1. The van der Waals surface area contributed by atoms with Crippen molar-refractivity contribution in [3.05, 3.63) is 76.8 Å². The number of nitrogens with one attached hydrogen (secondary N) is 1. The minimum Gasteiger partial charge on any atom is -0.507 e. The summed E-state index contributed by atoms with van der Waals surface area (Å²) in [5.41, 5.74) is 0.894. The number of halogens is 1. The van der Waals surface area contributed by atoms with Crippen LogP contribution in [0.2, 0.25) is 0 Å². The van der Waals surface area contributed by atoms with Crippen LogP contribution in [0.25, 0.3) is 16.5 Å². The molecule has 1 amide bonds. The van der Waals surface area contributed by atoms with Gasteiger partial charge in [0.05, 0.1) is 7.11 Å². The van der Waals surface area contributed by atoms with E-state index in [4.69, 9.17) is 4.74 Å². The third kappa shape index (κ3) is 4.17. The quantitative estimate of drug-likeness (QED) is 0.352. The average molecular weight is 426 g/mol. The summed E-state index contributed by atoms with van der Waals surface area (Å²) in [5.74, 6) is -1.47. The van der Waals surface area contributed by atoms with Crippen LogP contribution in [0.15, 0.2) is 71.2 Å². The van der Waals surface area contributed by atoms with Gasteiger partial charge < -0.3 is 15.2 Å². The lowest BCUT2D eigenvalue weighted by atomic mass is 10.1. The summed E-state index contributed by atoms with van der Waals surface area (Å²) >= 11 is 3.46. The number of ketones is 1. The van der Waals surface area contributed by atoms with Crippen LogP contribution < -0.4 is 10.1 Å². The highest BCUT2D eigenvalue weighted by molar-refractivity contribution is 9.10. The van der Waals surface area contributed by atoms with E-state index in [1.807, 2.05) is 24.3 Å². The number of aliphatic hydroxyl groups is 1. The van der Waals surface area contributed by atoms with E-state index >= 15 is 0 Å². The Kier molecular flexibility index (Phi) is 5.57. The van der Waals surface area contributed by atoms with Crippen LogP contribution in [-0.2, 0) is 9.59 Å². The smallest absolute Gasteiger partial charge is 0.296 e. The van der Waals surface area contributed by atoms with Crippen molar-refractivity contribution in [2.24, 2.45) is 0 Å². The average Bonchev–Trinajstić information content (AvgIpc) is 2.70. The van der Waals surface area contributed by atoms with E-state index in [0.29, 0.717) is 17.0 Å². The maximum absolute atomic E-state index is 12.3. The molecule has 0 saturated carbocycles. The van der Waals surface area contributed by atoms with Crippen LogP contribution in [0.3, 0.4) is 0 Å². The summed E-state index contributed by atoms with van der Waals surface area (Å²) in [6, 6.07) is 17.6. The number of aliphatic hydroxyl groups excluding tert-OH is 1. The number of rotatable bonds is 5. The van der Waals surface area contributed by atoms with Gasteiger partial charge in [0, 0.05) is 27.2 Å².